The number of carbonyl (C=O) groups excluding carboxylic acids is 1. The number of amides is 1. The van der Waals surface area contributed by atoms with Gasteiger partial charge in [0.1, 0.15) is 5.82 Å². The predicted molar refractivity (Wildman–Crippen MR) is 86.4 cm³/mol. The van der Waals surface area contributed by atoms with Crippen molar-refractivity contribution in [3.63, 3.8) is 0 Å². The van der Waals surface area contributed by atoms with Gasteiger partial charge < -0.3 is 9.47 Å². The number of aromatic nitrogens is 2. The highest BCUT2D eigenvalue weighted by Crippen LogP contribution is 2.31. The molecule has 5 heteroatoms. The highest BCUT2D eigenvalue weighted by molar-refractivity contribution is 5.76. The van der Waals surface area contributed by atoms with E-state index in [9.17, 15) is 4.79 Å². The van der Waals surface area contributed by atoms with Crippen molar-refractivity contribution >= 4 is 5.91 Å². The minimum Gasteiger partial charge on any atom is -0.338 e. The monoisotopic (exact) mass is 304 g/mol. The molecule has 3 rings (SSSR count). The Hall–Kier alpha value is -1.36. The number of nitrogens with zero attached hydrogens (tertiary/aromatic N) is 4. The zero-order chi connectivity index (χ0) is 15.5. The molecule has 0 N–H and O–H groups in total. The van der Waals surface area contributed by atoms with Crippen LogP contribution in [0.25, 0.3) is 0 Å². The van der Waals surface area contributed by atoms with Crippen LogP contribution < -0.4 is 0 Å². The standard InChI is InChI=1S/C17H28N4O/c1-3-17(22)21-11-6-8-15(21)14-7-5-10-20(14)13-16-18-9-12-19(16)4-2/h9,12,14-15H,3-8,10-11,13H2,1-2H3/t14-,15-/m1/s1. The number of hydrogen-bond donors (Lipinski definition) is 0. The second-order valence-electron chi connectivity index (χ2n) is 6.46. The van der Waals surface area contributed by atoms with Crippen LogP contribution in [-0.2, 0) is 17.9 Å². The lowest BCUT2D eigenvalue weighted by molar-refractivity contribution is -0.132. The van der Waals surface area contributed by atoms with Gasteiger partial charge in [-0.3, -0.25) is 9.69 Å². The van der Waals surface area contributed by atoms with E-state index in [0.29, 0.717) is 24.4 Å². The first-order valence-electron chi connectivity index (χ1n) is 8.78. The third kappa shape index (κ3) is 2.91. The molecule has 5 nitrogen and oxygen atoms in total. The Kier molecular flexibility index (Phi) is 4.81. The molecule has 0 aliphatic carbocycles. The minimum atomic E-state index is 0.324. The first-order valence-corrected chi connectivity index (χ1v) is 8.78. The van der Waals surface area contributed by atoms with Crippen molar-refractivity contribution in [2.75, 3.05) is 13.1 Å². The van der Waals surface area contributed by atoms with Crippen molar-refractivity contribution < 1.29 is 4.79 Å². The van der Waals surface area contributed by atoms with E-state index in [1.54, 1.807) is 0 Å². The van der Waals surface area contributed by atoms with E-state index in [1.807, 2.05) is 13.1 Å². The van der Waals surface area contributed by atoms with Gasteiger partial charge in [0.2, 0.25) is 5.91 Å². The maximum atomic E-state index is 12.2. The number of carbonyl (C=O) groups is 1. The van der Waals surface area contributed by atoms with Crippen LogP contribution in [0.1, 0.15) is 51.8 Å². The number of likely N-dealkylation sites (tertiary alicyclic amines) is 2. The second-order valence-corrected chi connectivity index (χ2v) is 6.46. The zero-order valence-electron chi connectivity index (χ0n) is 13.9. The van der Waals surface area contributed by atoms with Crippen molar-refractivity contribution in [1.29, 1.82) is 0 Å². The minimum absolute atomic E-state index is 0.324. The second kappa shape index (κ2) is 6.82. The highest BCUT2D eigenvalue weighted by Gasteiger charge is 2.39. The Morgan fingerprint density at radius 1 is 1.23 bits per heavy atom. The molecule has 2 saturated heterocycles. The molecule has 1 aromatic heterocycles. The van der Waals surface area contributed by atoms with Crippen molar-refractivity contribution in [3.8, 4) is 0 Å². The number of hydrogen-bond acceptors (Lipinski definition) is 3. The van der Waals surface area contributed by atoms with Gasteiger partial charge in [0, 0.05) is 44.0 Å². The van der Waals surface area contributed by atoms with Crippen LogP contribution >= 0.6 is 0 Å². The average molecular weight is 304 g/mol. The Morgan fingerprint density at radius 3 is 2.77 bits per heavy atom. The summed E-state index contributed by atoms with van der Waals surface area (Å²) in [5.41, 5.74) is 0. The third-order valence-electron chi connectivity index (χ3n) is 5.27. The lowest BCUT2D eigenvalue weighted by atomic mass is 10.0. The molecule has 0 bridgehead atoms. The zero-order valence-corrected chi connectivity index (χ0v) is 13.9. The number of aryl methyl sites for hydroxylation is 1. The molecular formula is C17H28N4O. The van der Waals surface area contributed by atoms with Crippen LogP contribution in [0.15, 0.2) is 12.4 Å². The van der Waals surface area contributed by atoms with Crippen molar-refractivity contribution in [2.45, 2.75) is 71.1 Å². The van der Waals surface area contributed by atoms with Gasteiger partial charge >= 0.3 is 0 Å². The molecule has 0 aromatic carbocycles. The van der Waals surface area contributed by atoms with Gasteiger partial charge in [-0.25, -0.2) is 4.98 Å². The lowest BCUT2D eigenvalue weighted by Gasteiger charge is -2.35. The molecule has 1 amide bonds. The fourth-order valence-corrected chi connectivity index (χ4v) is 4.15. The summed E-state index contributed by atoms with van der Waals surface area (Å²) in [5.74, 6) is 1.48. The van der Waals surface area contributed by atoms with E-state index in [2.05, 4.69) is 32.5 Å². The van der Waals surface area contributed by atoms with Gasteiger partial charge in [-0.2, -0.15) is 0 Å². The lowest BCUT2D eigenvalue weighted by Crippen LogP contribution is -2.48. The first kappa shape index (κ1) is 15.5. The molecule has 0 spiro atoms. The summed E-state index contributed by atoms with van der Waals surface area (Å²) in [6.45, 7) is 8.10. The van der Waals surface area contributed by atoms with Crippen molar-refractivity contribution in [1.82, 2.24) is 19.4 Å². The fourth-order valence-electron chi connectivity index (χ4n) is 4.15. The topological polar surface area (TPSA) is 41.4 Å². The van der Waals surface area contributed by atoms with Crippen molar-refractivity contribution in [3.05, 3.63) is 18.2 Å². The van der Waals surface area contributed by atoms with Crippen LogP contribution in [0.3, 0.4) is 0 Å². The molecule has 0 radical (unpaired) electrons. The molecule has 22 heavy (non-hydrogen) atoms. The summed E-state index contributed by atoms with van der Waals surface area (Å²) >= 11 is 0. The van der Waals surface area contributed by atoms with Gasteiger partial charge in [0.25, 0.3) is 0 Å². The van der Waals surface area contributed by atoms with Gasteiger partial charge in [-0.1, -0.05) is 6.92 Å². The van der Waals surface area contributed by atoms with E-state index in [1.165, 1.54) is 12.8 Å². The van der Waals surface area contributed by atoms with Gasteiger partial charge in [-0.15, -0.1) is 0 Å². The molecular weight excluding hydrogens is 276 g/mol. The summed E-state index contributed by atoms with van der Waals surface area (Å²) in [5, 5.41) is 0. The quantitative estimate of drug-likeness (QED) is 0.838. The third-order valence-corrected chi connectivity index (χ3v) is 5.27. The Labute approximate surface area is 133 Å². The Bertz CT molecular complexity index is 513. The van der Waals surface area contributed by atoms with Crippen LogP contribution in [0.5, 0.6) is 0 Å². The van der Waals surface area contributed by atoms with E-state index >= 15 is 0 Å². The van der Waals surface area contributed by atoms with Crippen LogP contribution in [0, 0.1) is 0 Å². The van der Waals surface area contributed by atoms with Crippen LogP contribution in [-0.4, -0.2) is 50.4 Å². The summed E-state index contributed by atoms with van der Waals surface area (Å²) < 4.78 is 2.22. The smallest absolute Gasteiger partial charge is 0.222 e. The summed E-state index contributed by atoms with van der Waals surface area (Å²) in [6.07, 6.45) is 9.35. The van der Waals surface area contributed by atoms with E-state index in [4.69, 9.17) is 0 Å². The molecule has 122 valence electrons. The van der Waals surface area contributed by atoms with E-state index in [0.717, 1.165) is 44.8 Å². The normalized spacial score (nSPS) is 26.0. The fraction of sp³-hybridized carbons (Fsp3) is 0.765. The van der Waals surface area contributed by atoms with Gasteiger partial charge in [0.05, 0.1) is 6.54 Å². The molecule has 1 aromatic rings. The number of imidazole rings is 1. The molecule has 0 unspecified atom stereocenters. The summed E-state index contributed by atoms with van der Waals surface area (Å²) in [4.78, 5) is 21.4. The molecule has 2 aliphatic heterocycles. The SMILES string of the molecule is CCC(=O)N1CCC[C@@H]1[C@H]1CCCN1Cc1nccn1CC. The highest BCUT2D eigenvalue weighted by atomic mass is 16.2. The predicted octanol–water partition coefficient (Wildman–Crippen LogP) is 2.27. The molecule has 2 fully saturated rings. The maximum absolute atomic E-state index is 12.2. The Morgan fingerprint density at radius 2 is 2.00 bits per heavy atom. The molecule has 2 aliphatic rings. The molecule has 0 saturated carbocycles. The summed E-state index contributed by atoms with van der Waals surface area (Å²) in [7, 11) is 0. The first-order chi connectivity index (χ1) is 10.7. The molecule has 3 heterocycles. The summed E-state index contributed by atoms with van der Waals surface area (Å²) in [6, 6.07) is 0.931. The molecule has 2 atom stereocenters. The van der Waals surface area contributed by atoms with Crippen LogP contribution in [0.2, 0.25) is 0 Å². The van der Waals surface area contributed by atoms with E-state index < -0.39 is 0 Å². The Balaban J connectivity index is 1.71. The van der Waals surface area contributed by atoms with Crippen molar-refractivity contribution in [2.24, 2.45) is 0 Å². The maximum Gasteiger partial charge on any atom is 0.222 e. The van der Waals surface area contributed by atoms with Gasteiger partial charge in [-0.05, 0) is 39.2 Å². The van der Waals surface area contributed by atoms with Gasteiger partial charge in [0.15, 0.2) is 0 Å². The van der Waals surface area contributed by atoms with Crippen LogP contribution in [0.4, 0.5) is 0 Å². The average Bonchev–Trinajstić information content (AvgIpc) is 3.26. The number of rotatable bonds is 5. The van der Waals surface area contributed by atoms with E-state index in [-0.39, 0.29) is 0 Å². The largest absolute Gasteiger partial charge is 0.338 e.